The van der Waals surface area contributed by atoms with E-state index in [2.05, 4.69) is 20.0 Å². The minimum absolute atomic E-state index is 0.114. The van der Waals surface area contributed by atoms with Crippen molar-refractivity contribution in [2.45, 2.75) is 28.4 Å². The summed E-state index contributed by atoms with van der Waals surface area (Å²) in [5, 5.41) is 11.7. The van der Waals surface area contributed by atoms with Gasteiger partial charge in [-0.2, -0.15) is 17.9 Å². The Morgan fingerprint density at radius 2 is 1.75 bits per heavy atom. The van der Waals surface area contributed by atoms with Crippen LogP contribution in [0.15, 0.2) is 77.5 Å². The molecule has 0 spiro atoms. The lowest BCUT2D eigenvalue weighted by molar-refractivity contribution is -0.192. The molecule has 40 heavy (non-hydrogen) atoms. The quantitative estimate of drug-likeness (QED) is 0.265. The molecule has 3 aromatic heterocycles. The number of carbonyl (C=O) groups is 2. The van der Waals surface area contributed by atoms with Crippen LogP contribution in [0.25, 0.3) is 21.2 Å². The summed E-state index contributed by atoms with van der Waals surface area (Å²) in [6.45, 7) is 0.330. The van der Waals surface area contributed by atoms with Crippen molar-refractivity contribution in [2.75, 3.05) is 6.54 Å². The van der Waals surface area contributed by atoms with Gasteiger partial charge in [0.25, 0.3) is 10.0 Å². The van der Waals surface area contributed by atoms with Crippen LogP contribution in [0.1, 0.15) is 18.0 Å². The van der Waals surface area contributed by atoms with Gasteiger partial charge >= 0.3 is 12.1 Å². The Bertz CT molecular complexity index is 1650. The predicted octanol–water partition coefficient (Wildman–Crippen LogP) is 3.23. The van der Waals surface area contributed by atoms with Crippen LogP contribution in [0.3, 0.4) is 0 Å². The Morgan fingerprint density at radius 3 is 2.38 bits per heavy atom. The summed E-state index contributed by atoms with van der Waals surface area (Å²) in [5.41, 5.74) is 6.60. The lowest BCUT2D eigenvalue weighted by Crippen LogP contribution is -2.59. The molecule has 2 atom stereocenters. The van der Waals surface area contributed by atoms with E-state index in [4.69, 9.17) is 15.6 Å². The van der Waals surface area contributed by atoms with Crippen LogP contribution in [-0.4, -0.2) is 53.6 Å². The van der Waals surface area contributed by atoms with Crippen LogP contribution in [0.2, 0.25) is 0 Å². The van der Waals surface area contributed by atoms with Gasteiger partial charge in [0.2, 0.25) is 5.91 Å². The largest absolute Gasteiger partial charge is 0.490 e. The zero-order chi connectivity index (χ0) is 29.1. The monoisotopic (exact) mass is 593 g/mol. The van der Waals surface area contributed by atoms with Gasteiger partial charge in [0.1, 0.15) is 9.75 Å². The third-order valence-electron chi connectivity index (χ3n) is 6.13. The number of hydrogen-bond acceptors (Lipinski definition) is 8. The summed E-state index contributed by atoms with van der Waals surface area (Å²) in [5.74, 6) is -3.19. The molecule has 1 aromatic carbocycles. The molecule has 10 nitrogen and oxygen atoms in total. The molecule has 0 aliphatic carbocycles. The van der Waals surface area contributed by atoms with Crippen molar-refractivity contribution in [3.8, 4) is 10.4 Å². The maximum atomic E-state index is 13.4. The number of nitrogens with zero attached hydrogens (tertiary/aromatic N) is 2. The van der Waals surface area contributed by atoms with E-state index in [-0.39, 0.29) is 10.6 Å². The second-order valence-corrected chi connectivity index (χ2v) is 11.7. The van der Waals surface area contributed by atoms with Gasteiger partial charge < -0.3 is 16.2 Å². The van der Waals surface area contributed by atoms with E-state index in [1.807, 2.05) is 36.4 Å². The van der Waals surface area contributed by atoms with Crippen molar-refractivity contribution in [2.24, 2.45) is 5.73 Å². The number of nitrogens with one attached hydrogen (secondary N) is 2. The van der Waals surface area contributed by atoms with E-state index < -0.39 is 39.7 Å². The van der Waals surface area contributed by atoms with Gasteiger partial charge in [-0.1, -0.05) is 12.1 Å². The number of carbonyl (C=O) groups excluding carboxylic acids is 1. The summed E-state index contributed by atoms with van der Waals surface area (Å²) < 4.78 is 61.3. The van der Waals surface area contributed by atoms with Crippen molar-refractivity contribution in [3.63, 3.8) is 0 Å². The van der Waals surface area contributed by atoms with Crippen molar-refractivity contribution in [1.29, 1.82) is 0 Å². The maximum absolute atomic E-state index is 13.4. The summed E-state index contributed by atoms with van der Waals surface area (Å²) in [7, 11) is -4.02. The fraction of sp³-hybridized carbons (Fsp3) is 0.200. The third-order valence-corrected chi connectivity index (χ3v) is 9.27. The van der Waals surface area contributed by atoms with E-state index in [1.165, 1.54) is 6.07 Å². The number of rotatable bonds is 6. The number of benzene rings is 1. The summed E-state index contributed by atoms with van der Waals surface area (Å²) in [4.78, 5) is 30.8. The highest BCUT2D eigenvalue weighted by Crippen LogP contribution is 2.36. The van der Waals surface area contributed by atoms with Gasteiger partial charge in [-0.15, -0.1) is 11.3 Å². The van der Waals surface area contributed by atoms with Crippen LogP contribution >= 0.6 is 11.3 Å². The lowest BCUT2D eigenvalue weighted by atomic mass is 9.85. The zero-order valence-electron chi connectivity index (χ0n) is 20.4. The fourth-order valence-electron chi connectivity index (χ4n) is 4.11. The second kappa shape index (κ2) is 11.3. The van der Waals surface area contributed by atoms with Gasteiger partial charge in [-0.05, 0) is 59.3 Å². The Morgan fingerprint density at radius 1 is 1.07 bits per heavy atom. The van der Waals surface area contributed by atoms with Crippen LogP contribution in [0.5, 0.6) is 0 Å². The molecule has 1 fully saturated rings. The molecule has 15 heteroatoms. The minimum atomic E-state index is -5.08. The average Bonchev–Trinajstić information content (AvgIpc) is 3.57. The van der Waals surface area contributed by atoms with Crippen LogP contribution in [0.4, 0.5) is 13.2 Å². The SMILES string of the molecule is NC(c1ccc2ccncc2c1)[C@@]1(NS(=O)(=O)c2ccc(-c3ccncc3)s2)CCNC1=O.O=C(O)C(F)(F)F. The molecule has 4 heterocycles. The number of thiophene rings is 1. The summed E-state index contributed by atoms with van der Waals surface area (Å²) in [6, 6.07) is 13.5. The molecule has 4 aromatic rings. The average molecular weight is 594 g/mol. The van der Waals surface area contributed by atoms with Gasteiger partial charge in [-0.3, -0.25) is 14.8 Å². The topological polar surface area (TPSA) is 164 Å². The number of nitrogens with two attached hydrogens (primary N) is 1. The van der Waals surface area contributed by atoms with Gasteiger partial charge in [0.05, 0.1) is 6.04 Å². The normalized spacial score (nSPS) is 18.1. The molecule has 1 amide bonds. The number of halogens is 3. The maximum Gasteiger partial charge on any atom is 0.490 e. The molecule has 1 saturated heterocycles. The molecule has 5 rings (SSSR count). The number of carboxylic acid groups (broad SMARTS) is 1. The number of aliphatic carboxylic acids is 1. The van der Waals surface area contributed by atoms with Crippen molar-refractivity contribution in [3.05, 3.63) is 78.9 Å². The Kier molecular flexibility index (Phi) is 8.20. The lowest BCUT2D eigenvalue weighted by Gasteiger charge is -2.33. The van der Waals surface area contributed by atoms with E-state index in [1.54, 1.807) is 30.9 Å². The third kappa shape index (κ3) is 6.12. The van der Waals surface area contributed by atoms with E-state index in [0.29, 0.717) is 12.1 Å². The highest BCUT2D eigenvalue weighted by Gasteiger charge is 2.51. The first-order valence-corrected chi connectivity index (χ1v) is 13.9. The first-order chi connectivity index (χ1) is 18.8. The van der Waals surface area contributed by atoms with Crippen LogP contribution < -0.4 is 15.8 Å². The number of amides is 1. The van der Waals surface area contributed by atoms with Crippen LogP contribution in [-0.2, 0) is 19.6 Å². The van der Waals surface area contributed by atoms with Crippen molar-refractivity contribution >= 4 is 44.0 Å². The standard InChI is InChI=1S/C23H21N5O3S2.C2HF3O2/c24-21(17-2-1-15-5-11-26-14-18(15)13-17)23(8-12-27-22(23)29)28-33(30,31)20-4-3-19(32-20)16-6-9-25-10-7-16;3-2(4,5)1(6)7/h1-7,9-11,13-14,21,28H,8,12,24H2,(H,27,29);(H,6,7)/t21?,23-;/m0./s1. The summed E-state index contributed by atoms with van der Waals surface area (Å²) in [6.07, 6.45) is 1.86. The molecule has 0 radical (unpaired) electrons. The van der Waals surface area contributed by atoms with Gasteiger partial charge in [-0.25, -0.2) is 13.2 Å². The van der Waals surface area contributed by atoms with Crippen LogP contribution in [0, 0.1) is 0 Å². The smallest absolute Gasteiger partial charge is 0.475 e. The molecule has 1 aliphatic rings. The number of carboxylic acids is 1. The first-order valence-electron chi connectivity index (χ1n) is 11.6. The number of aromatic nitrogens is 2. The van der Waals surface area contributed by atoms with Gasteiger partial charge in [0, 0.05) is 41.6 Å². The summed E-state index contributed by atoms with van der Waals surface area (Å²) >= 11 is 1.13. The predicted molar refractivity (Wildman–Crippen MR) is 141 cm³/mol. The number of hydrogen-bond donors (Lipinski definition) is 4. The van der Waals surface area contributed by atoms with Crippen molar-refractivity contribution < 1.29 is 36.3 Å². The molecule has 0 bridgehead atoms. The fourth-order valence-corrected chi connectivity index (χ4v) is 6.83. The highest BCUT2D eigenvalue weighted by molar-refractivity contribution is 7.91. The molecule has 5 N–H and O–H groups in total. The van der Waals surface area contributed by atoms with E-state index in [0.717, 1.165) is 32.5 Å². The molecular weight excluding hydrogens is 571 g/mol. The first kappa shape index (κ1) is 29.1. The Hall–Kier alpha value is -3.92. The number of pyridine rings is 2. The zero-order valence-corrected chi connectivity index (χ0v) is 22.1. The molecule has 0 saturated carbocycles. The molecule has 1 aliphatic heterocycles. The van der Waals surface area contributed by atoms with E-state index >= 15 is 0 Å². The Labute approximate surface area is 230 Å². The van der Waals surface area contributed by atoms with Gasteiger partial charge in [0.15, 0.2) is 0 Å². The second-order valence-electron chi connectivity index (χ2n) is 8.70. The number of sulfonamides is 1. The highest BCUT2D eigenvalue weighted by atomic mass is 32.2. The Balaban J connectivity index is 0.000000470. The minimum Gasteiger partial charge on any atom is -0.475 e. The number of fused-ring (bicyclic) bond motifs is 1. The number of alkyl halides is 3. The van der Waals surface area contributed by atoms with Crippen molar-refractivity contribution in [1.82, 2.24) is 20.0 Å². The molecular formula is C25H22F3N5O5S2. The molecule has 1 unspecified atom stereocenters. The van der Waals surface area contributed by atoms with E-state index in [9.17, 15) is 26.4 Å². The molecule has 210 valence electrons.